The molecule has 0 amide bonds. The molecular weight excluding hydrogens is 326 g/mol. The molecule has 0 bridgehead atoms. The molecule has 0 radical (unpaired) electrons. The van der Waals surface area contributed by atoms with Crippen molar-refractivity contribution in [2.45, 2.75) is 0 Å². The monoisotopic (exact) mass is 334 g/mol. The van der Waals surface area contributed by atoms with Gasteiger partial charge in [-0.3, -0.25) is 0 Å². The van der Waals surface area contributed by atoms with Gasteiger partial charge in [0, 0.05) is 15.6 Å². The Labute approximate surface area is 136 Å². The van der Waals surface area contributed by atoms with E-state index in [4.69, 9.17) is 27.9 Å². The van der Waals surface area contributed by atoms with Gasteiger partial charge in [0.2, 0.25) is 0 Å². The van der Waals surface area contributed by atoms with E-state index in [-0.39, 0.29) is 5.82 Å². The second kappa shape index (κ2) is 5.95. The quantitative estimate of drug-likeness (QED) is 0.563. The predicted molar refractivity (Wildman–Crippen MR) is 84.9 cm³/mol. The SMILES string of the molecule is O=C1OC(c2ccc(F)cc2)=C/C1=C\c1ccc(Cl)cc1Cl. The molecule has 2 aromatic carbocycles. The number of hydrogen-bond donors (Lipinski definition) is 0. The Balaban J connectivity index is 1.95. The second-order valence-corrected chi connectivity index (χ2v) is 5.51. The average Bonchev–Trinajstić information content (AvgIpc) is 2.84. The van der Waals surface area contributed by atoms with Crippen molar-refractivity contribution in [3.63, 3.8) is 0 Å². The molecule has 22 heavy (non-hydrogen) atoms. The third-order valence-corrected chi connectivity index (χ3v) is 3.69. The van der Waals surface area contributed by atoms with Crippen LogP contribution in [0.4, 0.5) is 4.39 Å². The standard InChI is InChI=1S/C17H9Cl2FO2/c18-13-4-1-11(15(19)9-13)7-12-8-16(22-17(12)21)10-2-5-14(20)6-3-10/h1-9H/b12-7+. The molecule has 2 nitrogen and oxygen atoms in total. The maximum absolute atomic E-state index is 12.9. The van der Waals surface area contributed by atoms with Gasteiger partial charge in [0.15, 0.2) is 0 Å². The van der Waals surface area contributed by atoms with Crippen molar-refractivity contribution in [1.82, 2.24) is 0 Å². The lowest BCUT2D eigenvalue weighted by molar-refractivity contribution is -0.130. The summed E-state index contributed by atoms with van der Waals surface area (Å²) in [7, 11) is 0. The fourth-order valence-electron chi connectivity index (χ4n) is 2.03. The molecule has 0 fully saturated rings. The fourth-order valence-corrected chi connectivity index (χ4v) is 2.49. The summed E-state index contributed by atoms with van der Waals surface area (Å²) in [6, 6.07) is 10.7. The molecule has 0 aliphatic carbocycles. The zero-order valence-corrected chi connectivity index (χ0v) is 12.7. The number of rotatable bonds is 2. The van der Waals surface area contributed by atoms with Crippen LogP contribution in [0.5, 0.6) is 0 Å². The van der Waals surface area contributed by atoms with Gasteiger partial charge in [-0.05, 0) is 54.1 Å². The Bertz CT molecular complexity index is 808. The summed E-state index contributed by atoms with van der Waals surface area (Å²) in [5, 5.41) is 0.958. The van der Waals surface area contributed by atoms with E-state index >= 15 is 0 Å². The van der Waals surface area contributed by atoms with Gasteiger partial charge in [0.1, 0.15) is 11.6 Å². The first-order valence-electron chi connectivity index (χ1n) is 6.39. The van der Waals surface area contributed by atoms with E-state index in [1.807, 2.05) is 0 Å². The smallest absolute Gasteiger partial charge is 0.343 e. The lowest BCUT2D eigenvalue weighted by Gasteiger charge is -2.01. The minimum Gasteiger partial charge on any atom is -0.422 e. The lowest BCUT2D eigenvalue weighted by Crippen LogP contribution is -1.97. The topological polar surface area (TPSA) is 26.3 Å². The van der Waals surface area contributed by atoms with Gasteiger partial charge in [-0.25, -0.2) is 9.18 Å². The highest BCUT2D eigenvalue weighted by atomic mass is 35.5. The number of carbonyl (C=O) groups is 1. The Kier molecular flexibility index (Phi) is 4.01. The second-order valence-electron chi connectivity index (χ2n) is 4.67. The van der Waals surface area contributed by atoms with Crippen molar-refractivity contribution in [2.75, 3.05) is 0 Å². The highest BCUT2D eigenvalue weighted by molar-refractivity contribution is 6.35. The highest BCUT2D eigenvalue weighted by Gasteiger charge is 2.22. The van der Waals surface area contributed by atoms with Crippen molar-refractivity contribution >= 4 is 41.0 Å². The van der Waals surface area contributed by atoms with Crippen molar-refractivity contribution in [3.8, 4) is 0 Å². The molecule has 110 valence electrons. The number of carbonyl (C=O) groups excluding carboxylic acids is 1. The largest absolute Gasteiger partial charge is 0.422 e. The molecular formula is C17H9Cl2FO2. The normalized spacial score (nSPS) is 15.9. The van der Waals surface area contributed by atoms with E-state index in [1.165, 1.54) is 12.1 Å². The summed E-state index contributed by atoms with van der Waals surface area (Å²) in [6.45, 7) is 0. The third-order valence-electron chi connectivity index (χ3n) is 3.13. The molecule has 0 atom stereocenters. The van der Waals surface area contributed by atoms with Gasteiger partial charge in [-0.1, -0.05) is 29.3 Å². The van der Waals surface area contributed by atoms with Crippen LogP contribution in [0.3, 0.4) is 0 Å². The number of benzene rings is 2. The molecule has 0 spiro atoms. The lowest BCUT2D eigenvalue weighted by atomic mass is 10.1. The minimum absolute atomic E-state index is 0.350. The number of cyclic esters (lactones) is 1. The molecule has 1 heterocycles. The Morgan fingerprint density at radius 1 is 1.05 bits per heavy atom. The van der Waals surface area contributed by atoms with Gasteiger partial charge >= 0.3 is 5.97 Å². The number of esters is 1. The first kappa shape index (κ1) is 14.8. The summed E-state index contributed by atoms with van der Waals surface area (Å²) in [6.07, 6.45) is 3.22. The molecule has 0 aromatic heterocycles. The first-order chi connectivity index (χ1) is 10.5. The van der Waals surface area contributed by atoms with Crippen LogP contribution >= 0.6 is 23.2 Å². The molecule has 0 saturated heterocycles. The molecule has 0 N–H and O–H groups in total. The Morgan fingerprint density at radius 3 is 2.45 bits per heavy atom. The third kappa shape index (κ3) is 3.06. The van der Waals surface area contributed by atoms with Crippen LogP contribution < -0.4 is 0 Å². The van der Waals surface area contributed by atoms with Gasteiger partial charge in [-0.15, -0.1) is 0 Å². The Morgan fingerprint density at radius 2 is 1.77 bits per heavy atom. The van der Waals surface area contributed by atoms with E-state index in [0.29, 0.717) is 32.5 Å². The molecule has 0 saturated carbocycles. The van der Waals surface area contributed by atoms with Gasteiger partial charge in [0.05, 0.1) is 5.57 Å². The van der Waals surface area contributed by atoms with Gasteiger partial charge in [0.25, 0.3) is 0 Å². The van der Waals surface area contributed by atoms with E-state index < -0.39 is 5.97 Å². The van der Waals surface area contributed by atoms with Crippen LogP contribution in [-0.4, -0.2) is 5.97 Å². The van der Waals surface area contributed by atoms with E-state index in [2.05, 4.69) is 0 Å². The van der Waals surface area contributed by atoms with Crippen molar-refractivity contribution in [2.24, 2.45) is 0 Å². The molecule has 1 aliphatic rings. The fraction of sp³-hybridized carbons (Fsp3) is 0. The summed E-state index contributed by atoms with van der Waals surface area (Å²) >= 11 is 11.9. The summed E-state index contributed by atoms with van der Waals surface area (Å²) in [5.41, 5.74) is 1.65. The minimum atomic E-state index is -0.481. The predicted octanol–water partition coefficient (Wildman–Crippen LogP) is 5.11. The molecule has 1 aliphatic heterocycles. The van der Waals surface area contributed by atoms with E-state index in [0.717, 1.165) is 0 Å². The van der Waals surface area contributed by atoms with Crippen molar-refractivity contribution in [3.05, 3.63) is 81.1 Å². The number of halogens is 3. The van der Waals surface area contributed by atoms with Crippen LogP contribution in [0.1, 0.15) is 11.1 Å². The molecule has 5 heteroatoms. The first-order valence-corrected chi connectivity index (χ1v) is 7.15. The average molecular weight is 335 g/mol. The van der Waals surface area contributed by atoms with Crippen LogP contribution in [0, 0.1) is 5.82 Å². The van der Waals surface area contributed by atoms with Crippen LogP contribution in [-0.2, 0) is 9.53 Å². The highest BCUT2D eigenvalue weighted by Crippen LogP contribution is 2.29. The van der Waals surface area contributed by atoms with Gasteiger partial charge in [-0.2, -0.15) is 0 Å². The molecule has 2 aromatic rings. The summed E-state index contributed by atoms with van der Waals surface area (Å²) in [5.74, 6) is -0.455. The van der Waals surface area contributed by atoms with E-state index in [9.17, 15) is 9.18 Å². The van der Waals surface area contributed by atoms with E-state index in [1.54, 1.807) is 42.5 Å². The summed E-state index contributed by atoms with van der Waals surface area (Å²) < 4.78 is 18.1. The van der Waals surface area contributed by atoms with Gasteiger partial charge < -0.3 is 4.74 Å². The number of ether oxygens (including phenoxy) is 1. The van der Waals surface area contributed by atoms with Crippen molar-refractivity contribution in [1.29, 1.82) is 0 Å². The maximum atomic E-state index is 12.9. The van der Waals surface area contributed by atoms with Crippen molar-refractivity contribution < 1.29 is 13.9 Å². The molecule has 0 unspecified atom stereocenters. The van der Waals surface area contributed by atoms with Crippen LogP contribution in [0.15, 0.2) is 54.1 Å². The maximum Gasteiger partial charge on any atom is 0.343 e. The van der Waals surface area contributed by atoms with Crippen LogP contribution in [0.25, 0.3) is 11.8 Å². The number of hydrogen-bond acceptors (Lipinski definition) is 2. The Hall–Kier alpha value is -2.10. The van der Waals surface area contributed by atoms with Crippen LogP contribution in [0.2, 0.25) is 10.0 Å². The zero-order valence-electron chi connectivity index (χ0n) is 11.1. The molecule has 3 rings (SSSR count). The summed E-state index contributed by atoms with van der Waals surface area (Å²) in [4.78, 5) is 11.9. The zero-order chi connectivity index (χ0) is 15.7.